The Kier molecular flexibility index (Phi) is 3.59. The summed E-state index contributed by atoms with van der Waals surface area (Å²) in [5.41, 5.74) is 0.902. The topological polar surface area (TPSA) is 31.6 Å². The summed E-state index contributed by atoms with van der Waals surface area (Å²) < 4.78 is 15.7. The highest BCUT2D eigenvalue weighted by Crippen LogP contribution is 2.35. The van der Waals surface area contributed by atoms with Gasteiger partial charge in [0.05, 0.1) is 20.5 Å². The van der Waals surface area contributed by atoms with Crippen LogP contribution < -0.4 is 9.47 Å². The zero-order valence-electron chi connectivity index (χ0n) is 9.64. The molecule has 0 saturated heterocycles. The molecule has 1 atom stereocenters. The Hall–Kier alpha value is -1.61. The first-order valence-electron chi connectivity index (χ1n) is 5.15. The molecule has 17 heavy (non-hydrogen) atoms. The molecule has 2 rings (SSSR count). The number of hydrogen-bond acceptors (Lipinski definition) is 3. The average molecular weight is 253 g/mol. The second kappa shape index (κ2) is 5.15. The first kappa shape index (κ1) is 11.9. The van der Waals surface area contributed by atoms with Crippen LogP contribution in [0.1, 0.15) is 16.7 Å². The van der Waals surface area contributed by atoms with E-state index in [2.05, 4.69) is 0 Å². The third kappa shape index (κ3) is 2.39. The van der Waals surface area contributed by atoms with Gasteiger partial charge < -0.3 is 13.9 Å². The van der Waals surface area contributed by atoms with Crippen LogP contribution in [0.3, 0.4) is 0 Å². The fourth-order valence-electron chi connectivity index (χ4n) is 1.61. The highest BCUT2D eigenvalue weighted by molar-refractivity contribution is 6.22. The van der Waals surface area contributed by atoms with Crippen molar-refractivity contribution >= 4 is 11.6 Å². The van der Waals surface area contributed by atoms with E-state index in [0.717, 1.165) is 5.56 Å². The second-order valence-electron chi connectivity index (χ2n) is 3.49. The summed E-state index contributed by atoms with van der Waals surface area (Å²) in [5.74, 6) is 2.04. The maximum Gasteiger partial charge on any atom is 0.161 e. The SMILES string of the molecule is COc1ccc(C(Cl)c2ccco2)cc1OC. The van der Waals surface area contributed by atoms with E-state index < -0.39 is 0 Å². The van der Waals surface area contributed by atoms with Crippen molar-refractivity contribution in [1.82, 2.24) is 0 Å². The summed E-state index contributed by atoms with van der Waals surface area (Å²) in [6.45, 7) is 0. The molecule has 0 bridgehead atoms. The predicted octanol–water partition coefficient (Wildman–Crippen LogP) is 3.63. The molecule has 0 radical (unpaired) electrons. The Morgan fingerprint density at radius 2 is 1.88 bits per heavy atom. The molecule has 0 fully saturated rings. The van der Waals surface area contributed by atoms with Gasteiger partial charge in [-0.1, -0.05) is 6.07 Å². The fourth-order valence-corrected chi connectivity index (χ4v) is 1.87. The smallest absolute Gasteiger partial charge is 0.161 e. The summed E-state index contributed by atoms with van der Waals surface area (Å²) in [6.07, 6.45) is 1.60. The zero-order chi connectivity index (χ0) is 12.3. The van der Waals surface area contributed by atoms with Crippen LogP contribution in [-0.2, 0) is 0 Å². The molecule has 0 amide bonds. The summed E-state index contributed by atoms with van der Waals surface area (Å²) >= 11 is 6.31. The number of furan rings is 1. The van der Waals surface area contributed by atoms with E-state index in [1.807, 2.05) is 30.3 Å². The molecule has 0 aliphatic rings. The molecule has 4 heteroatoms. The fraction of sp³-hybridized carbons (Fsp3) is 0.231. The van der Waals surface area contributed by atoms with Gasteiger partial charge in [-0.15, -0.1) is 11.6 Å². The van der Waals surface area contributed by atoms with Gasteiger partial charge in [-0.2, -0.15) is 0 Å². The monoisotopic (exact) mass is 252 g/mol. The molecule has 1 heterocycles. The minimum absolute atomic E-state index is 0.329. The molecule has 0 saturated carbocycles. The molecular weight excluding hydrogens is 240 g/mol. The van der Waals surface area contributed by atoms with Crippen molar-refractivity contribution in [3.63, 3.8) is 0 Å². The largest absolute Gasteiger partial charge is 0.493 e. The summed E-state index contributed by atoms with van der Waals surface area (Å²) in [7, 11) is 3.19. The van der Waals surface area contributed by atoms with Crippen LogP contribution in [-0.4, -0.2) is 14.2 Å². The molecule has 0 aliphatic carbocycles. The van der Waals surface area contributed by atoms with Crippen LogP contribution in [0.4, 0.5) is 0 Å². The second-order valence-corrected chi connectivity index (χ2v) is 3.93. The van der Waals surface area contributed by atoms with Crippen molar-refractivity contribution in [2.75, 3.05) is 14.2 Å². The molecule has 2 aromatic rings. The van der Waals surface area contributed by atoms with Gasteiger partial charge in [0.15, 0.2) is 11.5 Å². The van der Waals surface area contributed by atoms with Gasteiger partial charge in [-0.05, 0) is 29.8 Å². The first-order valence-corrected chi connectivity index (χ1v) is 5.59. The lowest BCUT2D eigenvalue weighted by Crippen LogP contribution is -1.95. The Balaban J connectivity index is 2.33. The third-order valence-electron chi connectivity index (χ3n) is 2.49. The summed E-state index contributed by atoms with van der Waals surface area (Å²) in [5, 5.41) is -0.329. The zero-order valence-corrected chi connectivity index (χ0v) is 10.4. The number of methoxy groups -OCH3 is 2. The minimum Gasteiger partial charge on any atom is -0.493 e. The van der Waals surface area contributed by atoms with E-state index in [0.29, 0.717) is 17.3 Å². The number of rotatable bonds is 4. The van der Waals surface area contributed by atoms with Crippen LogP contribution in [0, 0.1) is 0 Å². The maximum absolute atomic E-state index is 6.31. The van der Waals surface area contributed by atoms with Crippen molar-refractivity contribution in [2.45, 2.75) is 5.38 Å². The lowest BCUT2D eigenvalue weighted by molar-refractivity contribution is 0.354. The lowest BCUT2D eigenvalue weighted by Gasteiger charge is -2.11. The molecule has 3 nitrogen and oxygen atoms in total. The van der Waals surface area contributed by atoms with Gasteiger partial charge >= 0.3 is 0 Å². The van der Waals surface area contributed by atoms with Crippen LogP contribution in [0.2, 0.25) is 0 Å². The van der Waals surface area contributed by atoms with Gasteiger partial charge in [0.1, 0.15) is 11.1 Å². The molecule has 0 spiro atoms. The van der Waals surface area contributed by atoms with E-state index in [4.69, 9.17) is 25.5 Å². The van der Waals surface area contributed by atoms with Crippen LogP contribution in [0.5, 0.6) is 11.5 Å². The highest BCUT2D eigenvalue weighted by Gasteiger charge is 2.15. The van der Waals surface area contributed by atoms with Crippen LogP contribution in [0.25, 0.3) is 0 Å². The predicted molar refractivity (Wildman–Crippen MR) is 66.0 cm³/mol. The number of ether oxygens (including phenoxy) is 2. The molecule has 1 aromatic carbocycles. The van der Waals surface area contributed by atoms with Crippen molar-refractivity contribution in [3.8, 4) is 11.5 Å². The Morgan fingerprint density at radius 3 is 2.47 bits per heavy atom. The molecule has 1 unspecified atom stereocenters. The average Bonchev–Trinajstić information content (AvgIpc) is 2.90. The van der Waals surface area contributed by atoms with Gasteiger partial charge in [0, 0.05) is 0 Å². The van der Waals surface area contributed by atoms with Gasteiger partial charge in [-0.3, -0.25) is 0 Å². The normalized spacial score (nSPS) is 12.2. The van der Waals surface area contributed by atoms with Gasteiger partial charge in [-0.25, -0.2) is 0 Å². The van der Waals surface area contributed by atoms with Gasteiger partial charge in [0.25, 0.3) is 0 Å². The van der Waals surface area contributed by atoms with E-state index in [1.165, 1.54) is 0 Å². The summed E-state index contributed by atoms with van der Waals surface area (Å²) in [4.78, 5) is 0. The third-order valence-corrected chi connectivity index (χ3v) is 2.96. The minimum atomic E-state index is -0.329. The number of halogens is 1. The Morgan fingerprint density at radius 1 is 1.12 bits per heavy atom. The summed E-state index contributed by atoms with van der Waals surface area (Å²) in [6, 6.07) is 9.22. The van der Waals surface area contributed by atoms with E-state index in [9.17, 15) is 0 Å². The van der Waals surface area contributed by atoms with Crippen molar-refractivity contribution in [3.05, 3.63) is 47.9 Å². The Labute approximate surface area is 105 Å². The van der Waals surface area contributed by atoms with Gasteiger partial charge in [0.2, 0.25) is 0 Å². The maximum atomic E-state index is 6.31. The first-order chi connectivity index (χ1) is 8.26. The van der Waals surface area contributed by atoms with Crippen molar-refractivity contribution < 1.29 is 13.9 Å². The number of benzene rings is 1. The Bertz CT molecular complexity index is 479. The molecule has 1 aromatic heterocycles. The molecule has 0 N–H and O–H groups in total. The number of hydrogen-bond donors (Lipinski definition) is 0. The van der Waals surface area contributed by atoms with Crippen LogP contribution in [0.15, 0.2) is 41.0 Å². The standard InChI is InChI=1S/C13H13ClO3/c1-15-10-6-5-9(8-12(10)16-2)13(14)11-4-3-7-17-11/h3-8,13H,1-2H3. The van der Waals surface area contributed by atoms with E-state index in [1.54, 1.807) is 20.5 Å². The van der Waals surface area contributed by atoms with Crippen LogP contribution >= 0.6 is 11.6 Å². The van der Waals surface area contributed by atoms with E-state index in [-0.39, 0.29) is 5.38 Å². The van der Waals surface area contributed by atoms with E-state index >= 15 is 0 Å². The molecular formula is C13H13ClO3. The molecule has 0 aliphatic heterocycles. The van der Waals surface area contributed by atoms with Crippen molar-refractivity contribution in [2.24, 2.45) is 0 Å². The molecule has 90 valence electrons. The highest BCUT2D eigenvalue weighted by atomic mass is 35.5. The van der Waals surface area contributed by atoms with Crippen molar-refractivity contribution in [1.29, 1.82) is 0 Å². The quantitative estimate of drug-likeness (QED) is 0.779. The number of alkyl halides is 1. The lowest BCUT2D eigenvalue weighted by atomic mass is 10.1.